The molecular weight excluding hydrogens is 512 g/mol. The van der Waals surface area contributed by atoms with Crippen LogP contribution in [0.15, 0.2) is 47.4 Å². The summed E-state index contributed by atoms with van der Waals surface area (Å²) < 4.78 is 24.5. The highest BCUT2D eigenvalue weighted by Crippen LogP contribution is 2.44. The van der Waals surface area contributed by atoms with Crippen LogP contribution in [-0.4, -0.2) is 61.6 Å². The molecule has 2 N–H and O–H groups in total. The van der Waals surface area contributed by atoms with E-state index in [9.17, 15) is 5.11 Å². The largest absolute Gasteiger partial charge is 0.487 e. The minimum atomic E-state index is -0.467. The van der Waals surface area contributed by atoms with E-state index in [-0.39, 0.29) is 36.8 Å². The first kappa shape index (κ1) is 31.8. The van der Waals surface area contributed by atoms with Gasteiger partial charge in [-0.05, 0) is 60.8 Å². The minimum Gasteiger partial charge on any atom is -0.487 e. The predicted octanol–water partition coefficient (Wildman–Crippen LogP) is 6.39. The second-order valence-electron chi connectivity index (χ2n) is 12.6. The van der Waals surface area contributed by atoms with E-state index in [2.05, 4.69) is 71.0 Å². The highest BCUT2D eigenvalue weighted by Gasteiger charge is 2.37. The maximum Gasteiger partial charge on any atom is 0.165 e. The molecule has 0 aliphatic carbocycles. The Bertz CT molecular complexity index is 1020. The lowest BCUT2D eigenvalue weighted by Crippen LogP contribution is -2.33. The SMILES string of the molecule is CC(C)(C)CC(C)(C)c1cc(CSc2ccccc2)c(OCCOCCO)c(OCC2(C)CCC(CO)O2)c1. The van der Waals surface area contributed by atoms with E-state index in [1.165, 1.54) is 10.5 Å². The van der Waals surface area contributed by atoms with Crippen LogP contribution < -0.4 is 9.47 Å². The second kappa shape index (κ2) is 14.2. The number of hydrogen-bond acceptors (Lipinski definition) is 7. The maximum atomic E-state index is 9.58. The van der Waals surface area contributed by atoms with Crippen molar-refractivity contribution < 1.29 is 29.2 Å². The molecule has 0 amide bonds. The van der Waals surface area contributed by atoms with Crippen molar-refractivity contribution in [1.29, 1.82) is 0 Å². The van der Waals surface area contributed by atoms with Gasteiger partial charge in [0.05, 0.1) is 38.1 Å². The van der Waals surface area contributed by atoms with Crippen molar-refractivity contribution in [3.63, 3.8) is 0 Å². The number of rotatable bonds is 15. The molecule has 0 radical (unpaired) electrons. The van der Waals surface area contributed by atoms with Gasteiger partial charge in [-0.15, -0.1) is 11.8 Å². The molecule has 0 bridgehead atoms. The molecule has 0 aromatic heterocycles. The van der Waals surface area contributed by atoms with Gasteiger partial charge in [0.2, 0.25) is 0 Å². The molecule has 1 heterocycles. The Hall–Kier alpha value is -1.77. The van der Waals surface area contributed by atoms with Crippen LogP contribution in [0.5, 0.6) is 11.5 Å². The van der Waals surface area contributed by atoms with Gasteiger partial charge >= 0.3 is 0 Å². The van der Waals surface area contributed by atoms with Crippen molar-refractivity contribution in [2.24, 2.45) is 5.41 Å². The van der Waals surface area contributed by atoms with E-state index < -0.39 is 5.60 Å². The van der Waals surface area contributed by atoms with Crippen LogP contribution in [0.3, 0.4) is 0 Å². The first-order valence-corrected chi connectivity index (χ1v) is 15.0. The number of benzene rings is 2. The average molecular weight is 561 g/mol. The minimum absolute atomic E-state index is 0.0156. The van der Waals surface area contributed by atoms with Gasteiger partial charge in [-0.3, -0.25) is 0 Å². The molecule has 7 heteroatoms. The molecule has 1 aliphatic heterocycles. The molecule has 1 fully saturated rings. The van der Waals surface area contributed by atoms with Gasteiger partial charge in [0.25, 0.3) is 0 Å². The molecular formula is C32H48O6S. The Labute approximate surface area is 239 Å². The summed E-state index contributed by atoms with van der Waals surface area (Å²) in [5.41, 5.74) is 1.90. The van der Waals surface area contributed by atoms with E-state index in [1.54, 1.807) is 11.8 Å². The van der Waals surface area contributed by atoms with Gasteiger partial charge in [0, 0.05) is 16.2 Å². The fraction of sp³-hybridized carbons (Fsp3) is 0.625. The van der Waals surface area contributed by atoms with E-state index in [0.717, 1.165) is 36.3 Å². The van der Waals surface area contributed by atoms with E-state index in [4.69, 9.17) is 24.1 Å². The van der Waals surface area contributed by atoms with Crippen LogP contribution in [0.1, 0.15) is 71.9 Å². The zero-order valence-electron chi connectivity index (χ0n) is 24.6. The Morgan fingerprint density at radius 2 is 1.74 bits per heavy atom. The van der Waals surface area contributed by atoms with E-state index in [1.807, 2.05) is 13.0 Å². The van der Waals surface area contributed by atoms with Crippen LogP contribution in [0.25, 0.3) is 0 Å². The van der Waals surface area contributed by atoms with Crippen molar-refractivity contribution in [2.75, 3.05) is 39.6 Å². The fourth-order valence-corrected chi connectivity index (χ4v) is 6.24. The van der Waals surface area contributed by atoms with Gasteiger partial charge in [-0.1, -0.05) is 58.9 Å². The lowest BCUT2D eigenvalue weighted by molar-refractivity contribution is -0.0697. The third-order valence-electron chi connectivity index (χ3n) is 6.92. The summed E-state index contributed by atoms with van der Waals surface area (Å²) in [6, 6.07) is 14.8. The topological polar surface area (TPSA) is 77.4 Å². The van der Waals surface area contributed by atoms with Gasteiger partial charge in [-0.2, -0.15) is 0 Å². The summed E-state index contributed by atoms with van der Waals surface area (Å²) in [6.45, 7) is 14.9. The molecule has 0 saturated carbocycles. The molecule has 2 atom stereocenters. The number of aliphatic hydroxyl groups is 2. The van der Waals surface area contributed by atoms with Gasteiger partial charge in [-0.25, -0.2) is 0 Å². The quantitative estimate of drug-likeness (QED) is 0.193. The molecule has 2 aromatic rings. The maximum absolute atomic E-state index is 9.58. The van der Waals surface area contributed by atoms with E-state index in [0.29, 0.717) is 25.6 Å². The number of aliphatic hydroxyl groups excluding tert-OH is 2. The van der Waals surface area contributed by atoms with Crippen molar-refractivity contribution in [3.8, 4) is 11.5 Å². The summed E-state index contributed by atoms with van der Waals surface area (Å²) in [5, 5.41) is 18.6. The van der Waals surface area contributed by atoms with Gasteiger partial charge in [0.15, 0.2) is 11.5 Å². The molecule has 2 unspecified atom stereocenters. The van der Waals surface area contributed by atoms with E-state index >= 15 is 0 Å². The highest BCUT2D eigenvalue weighted by molar-refractivity contribution is 7.98. The first-order chi connectivity index (χ1) is 18.4. The smallest absolute Gasteiger partial charge is 0.165 e. The fourth-order valence-electron chi connectivity index (χ4n) is 5.36. The lowest BCUT2D eigenvalue weighted by atomic mass is 9.72. The zero-order valence-corrected chi connectivity index (χ0v) is 25.4. The molecule has 1 aliphatic rings. The Morgan fingerprint density at radius 1 is 1.00 bits per heavy atom. The molecule has 3 rings (SSSR count). The van der Waals surface area contributed by atoms with Crippen LogP contribution in [0, 0.1) is 5.41 Å². The highest BCUT2D eigenvalue weighted by atomic mass is 32.2. The molecule has 0 spiro atoms. The van der Waals surface area contributed by atoms with Crippen molar-refractivity contribution in [1.82, 2.24) is 0 Å². The van der Waals surface area contributed by atoms with Crippen molar-refractivity contribution in [3.05, 3.63) is 53.6 Å². The summed E-state index contributed by atoms with van der Waals surface area (Å²) in [5.74, 6) is 2.16. The first-order valence-electron chi connectivity index (χ1n) is 14.0. The van der Waals surface area contributed by atoms with Crippen LogP contribution >= 0.6 is 11.8 Å². The van der Waals surface area contributed by atoms with Crippen molar-refractivity contribution in [2.45, 2.75) is 88.6 Å². The zero-order chi connectivity index (χ0) is 28.5. The third-order valence-corrected chi connectivity index (χ3v) is 7.98. The van der Waals surface area contributed by atoms with Crippen LogP contribution in [0.2, 0.25) is 0 Å². The number of thioether (sulfide) groups is 1. The Balaban J connectivity index is 1.96. The normalized spacial score (nSPS) is 19.8. The predicted molar refractivity (Wildman–Crippen MR) is 158 cm³/mol. The van der Waals surface area contributed by atoms with Gasteiger partial charge in [0.1, 0.15) is 13.2 Å². The number of ether oxygens (including phenoxy) is 4. The van der Waals surface area contributed by atoms with Crippen molar-refractivity contribution >= 4 is 11.8 Å². The Morgan fingerprint density at radius 3 is 2.38 bits per heavy atom. The summed E-state index contributed by atoms with van der Waals surface area (Å²) >= 11 is 1.77. The average Bonchev–Trinajstić information content (AvgIpc) is 3.27. The molecule has 218 valence electrons. The van der Waals surface area contributed by atoms with Crippen LogP contribution in [0.4, 0.5) is 0 Å². The molecule has 39 heavy (non-hydrogen) atoms. The second-order valence-corrected chi connectivity index (χ2v) is 13.6. The standard InChI is InChI=1S/C32H48O6S/c1-30(2,3)22-31(4,5)25-18-24(21-39-27-10-8-7-9-11-27)29(36-17-16-35-15-14-33)28(19-25)37-23-32(6)13-12-26(20-34)38-32/h7-11,18-19,26,33-34H,12-17,20-23H2,1-6H3. The molecule has 1 saturated heterocycles. The van der Waals surface area contributed by atoms with Crippen LogP contribution in [-0.2, 0) is 20.6 Å². The summed E-state index contributed by atoms with van der Waals surface area (Å²) in [6.07, 6.45) is 2.52. The summed E-state index contributed by atoms with van der Waals surface area (Å²) in [4.78, 5) is 1.19. The van der Waals surface area contributed by atoms with Gasteiger partial charge < -0.3 is 29.2 Å². The Kier molecular flexibility index (Phi) is 11.6. The molecule has 2 aromatic carbocycles. The summed E-state index contributed by atoms with van der Waals surface area (Å²) in [7, 11) is 0. The third kappa shape index (κ3) is 9.98. The molecule has 6 nitrogen and oxygen atoms in total. The lowest BCUT2D eigenvalue weighted by Gasteiger charge is -2.34. The monoisotopic (exact) mass is 560 g/mol. The number of hydrogen-bond donors (Lipinski definition) is 2.